The Kier molecular flexibility index (Phi) is 3.84. The zero-order valence-corrected chi connectivity index (χ0v) is 9.92. The van der Waals surface area contributed by atoms with Gasteiger partial charge in [0.1, 0.15) is 24.5 Å². The number of hydrogen-bond acceptors (Lipinski definition) is 5. The summed E-state index contributed by atoms with van der Waals surface area (Å²) in [5.74, 6) is 1.61. The van der Waals surface area contributed by atoms with Crippen molar-refractivity contribution in [1.82, 2.24) is 0 Å². The van der Waals surface area contributed by atoms with E-state index in [1.165, 1.54) is 6.07 Å². The molecule has 2 aromatic rings. The monoisotopic (exact) mass is 258 g/mol. The Morgan fingerprint density at radius 1 is 1.26 bits per heavy atom. The van der Waals surface area contributed by atoms with E-state index < -0.39 is 11.6 Å². The standard InChI is InChI=1S/C14H10O5/c1-2-13(15)18-8-7-17-11-5-3-10-4-6-14(16)19-12(10)9-11/h1,3-6,9H,7-8H2. The van der Waals surface area contributed by atoms with Crippen LogP contribution in [-0.2, 0) is 9.53 Å². The smallest absolute Gasteiger partial charge is 0.384 e. The first-order chi connectivity index (χ1) is 9.19. The van der Waals surface area contributed by atoms with Crippen LogP contribution in [0.5, 0.6) is 5.75 Å². The van der Waals surface area contributed by atoms with E-state index in [-0.39, 0.29) is 13.2 Å². The number of carbonyl (C=O) groups is 1. The van der Waals surface area contributed by atoms with E-state index in [2.05, 4.69) is 4.74 Å². The number of benzene rings is 1. The summed E-state index contributed by atoms with van der Waals surface area (Å²) < 4.78 is 15.0. The molecule has 0 atom stereocenters. The molecule has 0 aliphatic rings. The lowest BCUT2D eigenvalue weighted by Crippen LogP contribution is -2.10. The number of ether oxygens (including phenoxy) is 2. The van der Waals surface area contributed by atoms with E-state index in [4.69, 9.17) is 15.6 Å². The number of rotatable bonds is 4. The van der Waals surface area contributed by atoms with Crippen LogP contribution in [0.2, 0.25) is 0 Å². The summed E-state index contributed by atoms with van der Waals surface area (Å²) in [6.45, 7) is 0.218. The maximum Gasteiger partial charge on any atom is 0.384 e. The summed E-state index contributed by atoms with van der Waals surface area (Å²) >= 11 is 0. The highest BCUT2D eigenvalue weighted by Gasteiger charge is 2.01. The van der Waals surface area contributed by atoms with E-state index in [0.717, 1.165) is 5.39 Å². The van der Waals surface area contributed by atoms with E-state index in [1.54, 1.807) is 24.3 Å². The van der Waals surface area contributed by atoms with Gasteiger partial charge in [0.15, 0.2) is 0 Å². The van der Waals surface area contributed by atoms with Crippen molar-refractivity contribution in [2.24, 2.45) is 0 Å². The molecule has 0 spiro atoms. The van der Waals surface area contributed by atoms with Crippen LogP contribution in [-0.4, -0.2) is 19.2 Å². The SMILES string of the molecule is C#CC(=O)OCCOc1ccc2ccc(=O)oc2c1. The van der Waals surface area contributed by atoms with Crippen LogP contribution < -0.4 is 10.4 Å². The van der Waals surface area contributed by atoms with Crippen molar-refractivity contribution in [2.45, 2.75) is 0 Å². The molecule has 0 aliphatic heterocycles. The van der Waals surface area contributed by atoms with Crippen molar-refractivity contribution in [3.63, 3.8) is 0 Å². The Bertz CT molecular complexity index is 693. The Labute approximate surface area is 108 Å². The van der Waals surface area contributed by atoms with Gasteiger partial charge in [-0.25, -0.2) is 9.59 Å². The molecule has 1 aromatic heterocycles. The first-order valence-corrected chi connectivity index (χ1v) is 5.49. The number of terminal acetylenes is 1. The van der Waals surface area contributed by atoms with Gasteiger partial charge in [0, 0.05) is 23.4 Å². The number of hydrogen-bond donors (Lipinski definition) is 0. The number of carbonyl (C=O) groups excluding carboxylic acids is 1. The minimum atomic E-state index is -0.729. The molecule has 2 rings (SSSR count). The van der Waals surface area contributed by atoms with E-state index >= 15 is 0 Å². The van der Waals surface area contributed by atoms with Crippen molar-refractivity contribution in [3.05, 3.63) is 40.8 Å². The van der Waals surface area contributed by atoms with Crippen LogP contribution in [0.4, 0.5) is 0 Å². The molecule has 0 saturated heterocycles. The molecule has 0 fully saturated rings. The first kappa shape index (κ1) is 12.7. The summed E-state index contributed by atoms with van der Waals surface area (Å²) in [5, 5.41) is 0.797. The van der Waals surface area contributed by atoms with Crippen molar-refractivity contribution < 1.29 is 18.7 Å². The van der Waals surface area contributed by atoms with Crippen molar-refractivity contribution >= 4 is 16.9 Å². The Morgan fingerprint density at radius 3 is 2.84 bits per heavy atom. The molecule has 0 saturated carbocycles. The molecule has 0 unspecified atom stereocenters. The van der Waals surface area contributed by atoms with Gasteiger partial charge in [-0.1, -0.05) is 0 Å². The van der Waals surface area contributed by atoms with Crippen LogP contribution in [0.15, 0.2) is 39.5 Å². The maximum atomic E-state index is 11.1. The molecule has 0 amide bonds. The van der Waals surface area contributed by atoms with Gasteiger partial charge in [-0.15, -0.1) is 6.42 Å². The summed E-state index contributed by atoms with van der Waals surface area (Å²) in [6.07, 6.45) is 4.83. The lowest BCUT2D eigenvalue weighted by atomic mass is 10.2. The van der Waals surface area contributed by atoms with Gasteiger partial charge in [0.2, 0.25) is 0 Å². The van der Waals surface area contributed by atoms with Crippen molar-refractivity contribution in [3.8, 4) is 18.1 Å². The van der Waals surface area contributed by atoms with Gasteiger partial charge in [-0.3, -0.25) is 0 Å². The predicted octanol–water partition coefficient (Wildman–Crippen LogP) is 1.35. The minimum Gasteiger partial charge on any atom is -0.490 e. The fourth-order valence-electron chi connectivity index (χ4n) is 1.47. The quantitative estimate of drug-likeness (QED) is 0.272. The largest absolute Gasteiger partial charge is 0.490 e. The summed E-state index contributed by atoms with van der Waals surface area (Å²) in [4.78, 5) is 21.8. The number of esters is 1. The van der Waals surface area contributed by atoms with E-state index in [0.29, 0.717) is 11.3 Å². The number of fused-ring (bicyclic) bond motifs is 1. The van der Waals surface area contributed by atoms with Gasteiger partial charge < -0.3 is 13.9 Å². The molecule has 5 nitrogen and oxygen atoms in total. The van der Waals surface area contributed by atoms with Crippen molar-refractivity contribution in [2.75, 3.05) is 13.2 Å². The first-order valence-electron chi connectivity index (χ1n) is 5.49. The van der Waals surface area contributed by atoms with Crippen LogP contribution in [0.1, 0.15) is 0 Å². The second kappa shape index (κ2) is 5.74. The second-order valence-corrected chi connectivity index (χ2v) is 3.58. The second-order valence-electron chi connectivity index (χ2n) is 3.58. The zero-order chi connectivity index (χ0) is 13.7. The third-order valence-corrected chi connectivity index (χ3v) is 2.30. The van der Waals surface area contributed by atoms with Gasteiger partial charge >= 0.3 is 11.6 Å². The van der Waals surface area contributed by atoms with Crippen LogP contribution in [0.3, 0.4) is 0 Å². The van der Waals surface area contributed by atoms with E-state index in [9.17, 15) is 9.59 Å². The summed E-state index contributed by atoms with van der Waals surface area (Å²) in [7, 11) is 0. The maximum absolute atomic E-state index is 11.1. The molecule has 96 valence electrons. The summed E-state index contributed by atoms with van der Waals surface area (Å²) in [5.41, 5.74) is 0.0122. The molecule has 0 bridgehead atoms. The minimum absolute atomic E-state index is 0.0554. The molecule has 0 aliphatic carbocycles. The Balaban J connectivity index is 2.00. The highest BCUT2D eigenvalue weighted by molar-refractivity contribution is 5.87. The normalized spacial score (nSPS) is 9.84. The van der Waals surface area contributed by atoms with Crippen LogP contribution in [0, 0.1) is 12.3 Å². The zero-order valence-electron chi connectivity index (χ0n) is 9.92. The molecule has 0 radical (unpaired) electrons. The predicted molar refractivity (Wildman–Crippen MR) is 67.8 cm³/mol. The summed E-state index contributed by atoms with van der Waals surface area (Å²) in [6, 6.07) is 8.11. The third-order valence-electron chi connectivity index (χ3n) is 2.30. The van der Waals surface area contributed by atoms with E-state index in [1.807, 2.05) is 5.92 Å². The Hall–Kier alpha value is -2.74. The van der Waals surface area contributed by atoms with Crippen molar-refractivity contribution in [1.29, 1.82) is 0 Å². The lowest BCUT2D eigenvalue weighted by molar-refractivity contribution is -0.137. The molecular weight excluding hydrogens is 248 g/mol. The average molecular weight is 258 g/mol. The Morgan fingerprint density at radius 2 is 2.05 bits per heavy atom. The van der Waals surface area contributed by atoms with Crippen LogP contribution >= 0.6 is 0 Å². The fourth-order valence-corrected chi connectivity index (χ4v) is 1.47. The van der Waals surface area contributed by atoms with Gasteiger partial charge in [-0.2, -0.15) is 0 Å². The average Bonchev–Trinajstić information content (AvgIpc) is 2.42. The van der Waals surface area contributed by atoms with Gasteiger partial charge in [0.05, 0.1) is 0 Å². The third kappa shape index (κ3) is 3.36. The molecule has 1 aromatic carbocycles. The molecule has 0 N–H and O–H groups in total. The topological polar surface area (TPSA) is 65.7 Å². The molecular formula is C14H10O5. The highest BCUT2D eigenvalue weighted by atomic mass is 16.6. The lowest BCUT2D eigenvalue weighted by Gasteiger charge is -2.06. The molecule has 1 heterocycles. The molecule has 19 heavy (non-hydrogen) atoms. The molecule has 5 heteroatoms. The highest BCUT2D eigenvalue weighted by Crippen LogP contribution is 2.19. The fraction of sp³-hybridized carbons (Fsp3) is 0.143. The van der Waals surface area contributed by atoms with Gasteiger partial charge in [-0.05, 0) is 18.2 Å². The van der Waals surface area contributed by atoms with Crippen LogP contribution in [0.25, 0.3) is 11.0 Å². The van der Waals surface area contributed by atoms with Gasteiger partial charge in [0.25, 0.3) is 0 Å².